The Labute approximate surface area is 320 Å². The third-order valence-electron chi connectivity index (χ3n) is 11.3. The highest BCUT2D eigenvalue weighted by Crippen LogP contribution is 2.46. The van der Waals surface area contributed by atoms with Crippen LogP contribution < -0.4 is 29.4 Å². The number of likely N-dealkylation sites (N-methyl/N-ethyl adjacent to an activating group) is 2. The Kier molecular flexibility index (Phi) is 11.1. The number of carbonyl (C=O) groups is 1. The van der Waals surface area contributed by atoms with Gasteiger partial charge in [-0.3, -0.25) is 4.79 Å². The summed E-state index contributed by atoms with van der Waals surface area (Å²) in [6.45, 7) is 20.2. The number of imidazole rings is 1. The van der Waals surface area contributed by atoms with Gasteiger partial charge < -0.3 is 19.3 Å². The van der Waals surface area contributed by atoms with Gasteiger partial charge >= 0.3 is 5.97 Å². The molecular weight excluding hydrogens is 701 g/mol. The normalized spacial score (nSPS) is 16.9. The maximum Gasteiger partial charge on any atom is 0.303 e. The number of allylic oxidation sites excluding steroid dienone is 1. The van der Waals surface area contributed by atoms with E-state index >= 15 is 0 Å². The van der Waals surface area contributed by atoms with Crippen LogP contribution in [0.25, 0.3) is 16.7 Å². The number of aryl methyl sites for hydroxylation is 2. The lowest BCUT2D eigenvalue weighted by atomic mass is 9.85. The molecule has 10 nitrogen and oxygen atoms in total. The number of anilines is 1. The number of hydrogen-bond donors (Lipinski definition) is 1. The first-order valence-corrected chi connectivity index (χ1v) is 21.3. The van der Waals surface area contributed by atoms with Crippen molar-refractivity contribution >= 4 is 38.5 Å². The summed E-state index contributed by atoms with van der Waals surface area (Å²) in [5.74, 6) is 1.08. The molecule has 3 aromatic rings. The molecule has 0 unspecified atom stereocenters. The lowest BCUT2D eigenvalue weighted by molar-refractivity contribution is -0.699. The van der Waals surface area contributed by atoms with Crippen molar-refractivity contribution in [2.75, 3.05) is 23.7 Å². The Morgan fingerprint density at radius 2 is 1.67 bits per heavy atom. The van der Waals surface area contributed by atoms with Gasteiger partial charge in [0.05, 0.1) is 46.1 Å². The summed E-state index contributed by atoms with van der Waals surface area (Å²) in [6.07, 6.45) is 13.8. The molecule has 4 heterocycles. The zero-order valence-corrected chi connectivity index (χ0v) is 34.1. The molecule has 0 radical (unpaired) electrons. The summed E-state index contributed by atoms with van der Waals surface area (Å²) in [5, 5.41) is 11.3. The number of hydrogen-bond acceptors (Lipinski definition) is 6. The molecule has 0 fully saturated rings. The number of benzene rings is 2. The average molecular weight is 758 g/mol. The largest absolute Gasteiger partial charge is 0.748 e. The SMILES string of the molecule is CCCCn1cc[n+](CCCCCC(=O)O)c1C1=c2cc3c(cc2Oc2cc4c(cc21)C(CS(=O)(=O)[O-])=CC(C)(C)N4CC)=[N+](CC)C(C)(C)C=C3CC. The van der Waals surface area contributed by atoms with Crippen LogP contribution in [-0.2, 0) is 28.0 Å². The lowest BCUT2D eigenvalue weighted by Crippen LogP contribution is -2.49. The molecular formula is C43H57N4O6S+. The van der Waals surface area contributed by atoms with Gasteiger partial charge in [0.15, 0.2) is 5.54 Å². The van der Waals surface area contributed by atoms with Crippen molar-refractivity contribution in [2.45, 2.75) is 125 Å². The van der Waals surface area contributed by atoms with E-state index in [1.165, 1.54) is 11.1 Å². The Morgan fingerprint density at radius 1 is 0.907 bits per heavy atom. The number of carboxylic acid groups (broad SMARTS) is 1. The van der Waals surface area contributed by atoms with Crippen LogP contribution in [0.3, 0.4) is 0 Å². The van der Waals surface area contributed by atoms with E-state index in [0.29, 0.717) is 30.8 Å². The number of unbranched alkanes of at least 4 members (excludes halogenated alkanes) is 3. The van der Waals surface area contributed by atoms with Crippen LogP contribution in [0.1, 0.15) is 123 Å². The van der Waals surface area contributed by atoms with E-state index in [9.17, 15) is 22.9 Å². The zero-order chi connectivity index (χ0) is 39.2. The summed E-state index contributed by atoms with van der Waals surface area (Å²) >= 11 is 0. The third-order valence-corrected chi connectivity index (χ3v) is 11.9. The number of nitrogens with zero attached hydrogens (tertiary/aromatic N) is 4. The van der Waals surface area contributed by atoms with Crippen molar-refractivity contribution in [1.29, 1.82) is 0 Å². The summed E-state index contributed by atoms with van der Waals surface area (Å²) in [4.78, 5) is 13.5. The van der Waals surface area contributed by atoms with Crippen LogP contribution in [0.5, 0.6) is 11.5 Å². The third kappa shape index (κ3) is 7.54. The van der Waals surface area contributed by atoms with Gasteiger partial charge in [-0.05, 0) is 89.2 Å². The molecule has 1 N–H and O–H groups in total. The smallest absolute Gasteiger partial charge is 0.303 e. The molecule has 3 aliphatic rings. The highest BCUT2D eigenvalue weighted by atomic mass is 32.2. The van der Waals surface area contributed by atoms with Crippen molar-refractivity contribution in [3.63, 3.8) is 0 Å². The number of aromatic nitrogens is 2. The monoisotopic (exact) mass is 757 g/mol. The van der Waals surface area contributed by atoms with E-state index in [2.05, 4.69) is 90.8 Å². The van der Waals surface area contributed by atoms with Crippen LogP contribution in [0.2, 0.25) is 0 Å². The van der Waals surface area contributed by atoms with E-state index in [4.69, 9.17) is 4.74 Å². The van der Waals surface area contributed by atoms with Gasteiger partial charge in [-0.15, -0.1) is 0 Å². The van der Waals surface area contributed by atoms with Gasteiger partial charge in [-0.25, -0.2) is 22.1 Å². The lowest BCUT2D eigenvalue weighted by Gasteiger charge is -2.43. The van der Waals surface area contributed by atoms with Crippen LogP contribution in [0.4, 0.5) is 5.69 Å². The van der Waals surface area contributed by atoms with E-state index in [0.717, 1.165) is 89.7 Å². The quantitative estimate of drug-likeness (QED) is 0.0870. The first-order valence-electron chi connectivity index (χ1n) is 19.7. The maximum atomic E-state index is 12.4. The van der Waals surface area contributed by atoms with E-state index in [1.807, 2.05) is 32.1 Å². The molecule has 0 aliphatic carbocycles. The number of carboxylic acids is 1. The first-order chi connectivity index (χ1) is 25.5. The van der Waals surface area contributed by atoms with E-state index in [-0.39, 0.29) is 12.0 Å². The number of aliphatic carboxylic acids is 1. The maximum absolute atomic E-state index is 12.4. The van der Waals surface area contributed by atoms with E-state index < -0.39 is 27.4 Å². The highest BCUT2D eigenvalue weighted by molar-refractivity contribution is 7.86. The minimum absolute atomic E-state index is 0.153. The van der Waals surface area contributed by atoms with Gasteiger partial charge in [0.1, 0.15) is 30.4 Å². The molecule has 0 spiro atoms. The fourth-order valence-electron chi connectivity index (χ4n) is 8.89. The second-order valence-corrected chi connectivity index (χ2v) is 17.4. The summed E-state index contributed by atoms with van der Waals surface area (Å²) < 4.78 is 51.1. The fraction of sp³-hybridized carbons (Fsp3) is 0.512. The Bertz CT molecular complexity index is 2280. The number of ether oxygens (including phenoxy) is 1. The predicted molar refractivity (Wildman–Crippen MR) is 213 cm³/mol. The van der Waals surface area contributed by atoms with Crippen molar-refractivity contribution in [1.82, 2.24) is 9.14 Å². The molecule has 54 heavy (non-hydrogen) atoms. The van der Waals surface area contributed by atoms with Gasteiger partial charge in [-0.2, -0.15) is 0 Å². The molecule has 11 heteroatoms. The number of fused-ring (bicyclic) bond motifs is 4. The molecule has 1 aromatic heterocycles. The molecule has 0 saturated carbocycles. The fourth-order valence-corrected chi connectivity index (χ4v) is 9.50. The predicted octanol–water partition coefficient (Wildman–Crippen LogP) is 6.22. The minimum Gasteiger partial charge on any atom is -0.748 e. The van der Waals surface area contributed by atoms with Crippen molar-refractivity contribution in [3.8, 4) is 11.5 Å². The Balaban J connectivity index is 1.70. The van der Waals surface area contributed by atoms with Gasteiger partial charge in [0, 0.05) is 60.5 Å². The average Bonchev–Trinajstić information content (AvgIpc) is 3.48. The van der Waals surface area contributed by atoms with Crippen LogP contribution in [0, 0.1) is 0 Å². The molecule has 0 saturated heterocycles. The number of rotatable bonds is 15. The summed E-state index contributed by atoms with van der Waals surface area (Å²) in [7, 11) is -4.58. The van der Waals surface area contributed by atoms with Crippen LogP contribution in [-0.4, -0.2) is 58.5 Å². The molecule has 290 valence electrons. The van der Waals surface area contributed by atoms with Gasteiger partial charge in [0.2, 0.25) is 5.36 Å². The topological polar surface area (TPSA) is 119 Å². The summed E-state index contributed by atoms with van der Waals surface area (Å²) in [6, 6.07) is 8.57. The molecule has 2 aromatic carbocycles. The zero-order valence-electron chi connectivity index (χ0n) is 33.3. The molecule has 6 rings (SSSR count). The molecule has 3 aliphatic heterocycles. The van der Waals surface area contributed by atoms with Crippen LogP contribution >= 0.6 is 0 Å². The van der Waals surface area contributed by atoms with Crippen molar-refractivity contribution in [2.24, 2.45) is 0 Å². The second kappa shape index (κ2) is 15.1. The van der Waals surface area contributed by atoms with Gasteiger partial charge in [-0.1, -0.05) is 26.3 Å². The molecule has 0 bridgehead atoms. The first kappa shape index (κ1) is 39.5. The Morgan fingerprint density at radius 3 is 2.31 bits per heavy atom. The standard InChI is InChI=1S/C43H56N4O6S/c1-9-13-18-44-20-21-45(19-16-14-15-17-39(48)49)41(44)40-33-22-31-29(10-2)26-42(5,6)46(11-3)35(31)24-37(33)53-38-25-36-32(23-34(38)40)30(28-54(50,51)52)27-43(7,8)47(36)12-4/h20-27H,9-19,28H2,1-8H3/p+1. The molecule has 0 atom stereocenters. The summed E-state index contributed by atoms with van der Waals surface area (Å²) in [5.41, 5.74) is 5.61. The van der Waals surface area contributed by atoms with Crippen LogP contribution in [0.15, 0.2) is 48.8 Å². The van der Waals surface area contributed by atoms with Crippen molar-refractivity contribution in [3.05, 3.63) is 81.9 Å². The second-order valence-electron chi connectivity index (χ2n) is 16.0. The minimum atomic E-state index is -4.58. The van der Waals surface area contributed by atoms with E-state index in [1.54, 1.807) is 0 Å². The van der Waals surface area contributed by atoms with Gasteiger partial charge in [0.25, 0.3) is 5.82 Å². The van der Waals surface area contributed by atoms with Crippen molar-refractivity contribution < 1.29 is 32.2 Å². The Hall–Kier alpha value is -4.22. The highest BCUT2D eigenvalue weighted by Gasteiger charge is 2.39. The molecule has 0 amide bonds.